The van der Waals surface area contributed by atoms with Gasteiger partial charge in [-0.25, -0.2) is 4.98 Å². The van der Waals surface area contributed by atoms with E-state index in [1.807, 2.05) is 25.1 Å². The molecule has 6 heteroatoms. The molecule has 0 aliphatic heterocycles. The minimum Gasteiger partial charge on any atom is -0.397 e. The van der Waals surface area contributed by atoms with E-state index in [4.69, 9.17) is 5.73 Å². The quantitative estimate of drug-likeness (QED) is 0.684. The van der Waals surface area contributed by atoms with E-state index in [1.54, 1.807) is 18.3 Å². The molecular formula is C15H15N5O. The van der Waals surface area contributed by atoms with Crippen molar-refractivity contribution in [3.63, 3.8) is 0 Å². The van der Waals surface area contributed by atoms with Crippen molar-refractivity contribution in [1.82, 2.24) is 15.0 Å². The van der Waals surface area contributed by atoms with E-state index in [0.717, 1.165) is 22.5 Å². The standard InChI is InChI=1S/C15H15N5O/c1-9-18-13-5-4-12(6-14(13)19-9)20-15(21)7-11-3-2-10(16)8-17-11/h2-6,8H,7,16H2,1H3,(H,18,19)(H,20,21). The Morgan fingerprint density at radius 3 is 2.95 bits per heavy atom. The fraction of sp³-hybridized carbons (Fsp3) is 0.133. The molecule has 0 saturated carbocycles. The number of carbonyl (C=O) groups is 1. The number of carbonyl (C=O) groups excluding carboxylic acids is 1. The first-order chi connectivity index (χ1) is 10.1. The maximum Gasteiger partial charge on any atom is 0.230 e. The molecule has 0 aliphatic carbocycles. The number of anilines is 2. The average molecular weight is 281 g/mol. The fourth-order valence-corrected chi connectivity index (χ4v) is 2.13. The molecule has 3 rings (SSSR count). The van der Waals surface area contributed by atoms with Crippen molar-refractivity contribution in [2.45, 2.75) is 13.3 Å². The molecule has 6 nitrogen and oxygen atoms in total. The van der Waals surface area contributed by atoms with Gasteiger partial charge in [-0.15, -0.1) is 0 Å². The van der Waals surface area contributed by atoms with Crippen LogP contribution in [0, 0.1) is 6.92 Å². The summed E-state index contributed by atoms with van der Waals surface area (Å²) in [7, 11) is 0. The van der Waals surface area contributed by atoms with Gasteiger partial charge < -0.3 is 16.0 Å². The Bertz CT molecular complexity index is 791. The Morgan fingerprint density at radius 1 is 1.33 bits per heavy atom. The van der Waals surface area contributed by atoms with E-state index >= 15 is 0 Å². The number of aromatic nitrogens is 3. The Morgan fingerprint density at radius 2 is 2.19 bits per heavy atom. The molecule has 0 atom stereocenters. The van der Waals surface area contributed by atoms with Crippen LogP contribution in [0.25, 0.3) is 11.0 Å². The lowest BCUT2D eigenvalue weighted by atomic mass is 10.2. The molecule has 106 valence electrons. The smallest absolute Gasteiger partial charge is 0.230 e. The molecule has 1 amide bonds. The first kappa shape index (κ1) is 13.1. The first-order valence-corrected chi connectivity index (χ1v) is 6.57. The molecular weight excluding hydrogens is 266 g/mol. The zero-order valence-corrected chi connectivity index (χ0v) is 11.6. The molecule has 3 aromatic rings. The van der Waals surface area contributed by atoms with Crippen LogP contribution in [0.4, 0.5) is 11.4 Å². The van der Waals surface area contributed by atoms with Crippen LogP contribution >= 0.6 is 0 Å². The van der Waals surface area contributed by atoms with Crippen LogP contribution in [-0.4, -0.2) is 20.9 Å². The van der Waals surface area contributed by atoms with Crippen molar-refractivity contribution >= 4 is 28.3 Å². The summed E-state index contributed by atoms with van der Waals surface area (Å²) >= 11 is 0. The molecule has 0 spiro atoms. The number of nitrogens with one attached hydrogen (secondary N) is 2. The third-order valence-electron chi connectivity index (χ3n) is 3.07. The van der Waals surface area contributed by atoms with Crippen molar-refractivity contribution in [3.8, 4) is 0 Å². The summed E-state index contributed by atoms with van der Waals surface area (Å²) in [4.78, 5) is 23.6. The van der Waals surface area contributed by atoms with Gasteiger partial charge in [0.25, 0.3) is 0 Å². The van der Waals surface area contributed by atoms with Crippen LogP contribution in [0.5, 0.6) is 0 Å². The van der Waals surface area contributed by atoms with Crippen molar-refractivity contribution in [2.75, 3.05) is 11.1 Å². The molecule has 2 heterocycles. The minimum atomic E-state index is -0.122. The second kappa shape index (κ2) is 5.24. The number of nitrogens with two attached hydrogens (primary N) is 1. The van der Waals surface area contributed by atoms with Gasteiger partial charge in [-0.3, -0.25) is 9.78 Å². The number of pyridine rings is 1. The molecule has 0 unspecified atom stereocenters. The number of nitrogens with zero attached hydrogens (tertiary/aromatic N) is 2. The van der Waals surface area contributed by atoms with Crippen LogP contribution in [0.3, 0.4) is 0 Å². The second-order valence-corrected chi connectivity index (χ2v) is 4.86. The Hall–Kier alpha value is -2.89. The van der Waals surface area contributed by atoms with Crippen LogP contribution in [0.2, 0.25) is 0 Å². The van der Waals surface area contributed by atoms with Gasteiger partial charge in [0.15, 0.2) is 0 Å². The third-order valence-corrected chi connectivity index (χ3v) is 3.07. The highest BCUT2D eigenvalue weighted by atomic mass is 16.1. The van der Waals surface area contributed by atoms with Gasteiger partial charge in [0, 0.05) is 11.4 Å². The van der Waals surface area contributed by atoms with Crippen LogP contribution in [-0.2, 0) is 11.2 Å². The number of amides is 1. The van der Waals surface area contributed by atoms with E-state index in [2.05, 4.69) is 20.3 Å². The molecule has 0 bridgehead atoms. The van der Waals surface area contributed by atoms with Gasteiger partial charge in [-0.05, 0) is 37.3 Å². The zero-order valence-electron chi connectivity index (χ0n) is 11.6. The number of aromatic amines is 1. The van der Waals surface area contributed by atoms with Gasteiger partial charge in [0.2, 0.25) is 5.91 Å². The summed E-state index contributed by atoms with van der Waals surface area (Å²) in [6, 6.07) is 9.04. The van der Waals surface area contributed by atoms with Crippen LogP contribution in [0.1, 0.15) is 11.5 Å². The molecule has 0 saturated heterocycles. The topological polar surface area (TPSA) is 96.7 Å². The predicted molar refractivity (Wildman–Crippen MR) is 81.8 cm³/mol. The largest absolute Gasteiger partial charge is 0.397 e. The molecule has 4 N–H and O–H groups in total. The average Bonchev–Trinajstić information content (AvgIpc) is 2.80. The Labute approximate surface area is 121 Å². The number of H-pyrrole nitrogens is 1. The second-order valence-electron chi connectivity index (χ2n) is 4.86. The highest BCUT2D eigenvalue weighted by Gasteiger charge is 2.07. The molecule has 2 aromatic heterocycles. The van der Waals surface area contributed by atoms with Gasteiger partial charge in [-0.2, -0.15) is 0 Å². The predicted octanol–water partition coefficient (Wildman–Crippen LogP) is 2.03. The Balaban J connectivity index is 1.71. The lowest BCUT2D eigenvalue weighted by Crippen LogP contribution is -2.15. The minimum absolute atomic E-state index is 0.122. The number of hydrogen-bond acceptors (Lipinski definition) is 4. The van der Waals surface area contributed by atoms with Crippen LogP contribution in [0.15, 0.2) is 36.5 Å². The van der Waals surface area contributed by atoms with E-state index < -0.39 is 0 Å². The SMILES string of the molecule is Cc1nc2ccc(NC(=O)Cc3ccc(N)cn3)cc2[nH]1. The molecule has 21 heavy (non-hydrogen) atoms. The van der Waals surface area contributed by atoms with Crippen LogP contribution < -0.4 is 11.1 Å². The fourth-order valence-electron chi connectivity index (χ4n) is 2.13. The summed E-state index contributed by atoms with van der Waals surface area (Å²) in [5, 5.41) is 2.85. The third kappa shape index (κ3) is 3.00. The molecule has 0 radical (unpaired) electrons. The molecule has 0 aliphatic rings. The van der Waals surface area contributed by atoms with Crippen molar-refractivity contribution < 1.29 is 4.79 Å². The highest BCUT2D eigenvalue weighted by molar-refractivity contribution is 5.94. The van der Waals surface area contributed by atoms with Gasteiger partial charge in [0.1, 0.15) is 5.82 Å². The van der Waals surface area contributed by atoms with Crippen molar-refractivity contribution in [2.24, 2.45) is 0 Å². The number of hydrogen-bond donors (Lipinski definition) is 3. The highest BCUT2D eigenvalue weighted by Crippen LogP contribution is 2.17. The number of rotatable bonds is 3. The molecule has 0 fully saturated rings. The number of benzene rings is 1. The maximum absolute atomic E-state index is 12.0. The van der Waals surface area contributed by atoms with E-state index in [-0.39, 0.29) is 12.3 Å². The van der Waals surface area contributed by atoms with Gasteiger partial charge in [0.05, 0.1) is 29.3 Å². The molecule has 1 aromatic carbocycles. The first-order valence-electron chi connectivity index (χ1n) is 6.57. The summed E-state index contributed by atoms with van der Waals surface area (Å²) in [5.41, 5.74) is 9.33. The zero-order chi connectivity index (χ0) is 14.8. The van der Waals surface area contributed by atoms with Crippen molar-refractivity contribution in [3.05, 3.63) is 48.0 Å². The van der Waals surface area contributed by atoms with E-state index in [1.165, 1.54) is 0 Å². The van der Waals surface area contributed by atoms with Crippen molar-refractivity contribution in [1.29, 1.82) is 0 Å². The maximum atomic E-state index is 12.0. The summed E-state index contributed by atoms with van der Waals surface area (Å²) in [5.74, 6) is 0.724. The number of nitrogen functional groups attached to an aromatic ring is 1. The summed E-state index contributed by atoms with van der Waals surface area (Å²) in [6.07, 6.45) is 1.75. The summed E-state index contributed by atoms with van der Waals surface area (Å²) in [6.45, 7) is 1.89. The number of imidazole rings is 1. The Kier molecular flexibility index (Phi) is 3.27. The van der Waals surface area contributed by atoms with E-state index in [0.29, 0.717) is 11.4 Å². The lowest BCUT2D eigenvalue weighted by molar-refractivity contribution is -0.115. The van der Waals surface area contributed by atoms with E-state index in [9.17, 15) is 4.79 Å². The van der Waals surface area contributed by atoms with Gasteiger partial charge >= 0.3 is 0 Å². The number of aryl methyl sites for hydroxylation is 1. The number of fused-ring (bicyclic) bond motifs is 1. The summed E-state index contributed by atoms with van der Waals surface area (Å²) < 4.78 is 0. The normalized spacial score (nSPS) is 10.7. The van der Waals surface area contributed by atoms with Gasteiger partial charge in [-0.1, -0.05) is 0 Å². The monoisotopic (exact) mass is 281 g/mol. The lowest BCUT2D eigenvalue weighted by Gasteiger charge is -2.05.